The molecule has 1 fully saturated rings. The smallest absolute Gasteiger partial charge is 0.235 e. The van der Waals surface area contributed by atoms with Crippen molar-refractivity contribution in [1.29, 1.82) is 0 Å². The Morgan fingerprint density at radius 2 is 2.00 bits per heavy atom. The normalized spacial score (nSPS) is 17.3. The first-order valence-electron chi connectivity index (χ1n) is 6.90. The molecule has 3 nitrogen and oxygen atoms in total. The molecule has 0 aromatic heterocycles. The predicted molar refractivity (Wildman–Crippen MR) is 75.4 cm³/mol. The van der Waals surface area contributed by atoms with Crippen LogP contribution in [0.4, 0.5) is 0 Å². The van der Waals surface area contributed by atoms with Gasteiger partial charge in [0.2, 0.25) is 6.08 Å². The van der Waals surface area contributed by atoms with E-state index in [1.165, 1.54) is 5.56 Å². The third-order valence-corrected chi connectivity index (χ3v) is 4.08. The Hall–Kier alpha value is -1.60. The Kier molecular flexibility index (Phi) is 4.06. The second kappa shape index (κ2) is 5.58. The molecule has 0 spiro atoms. The summed E-state index contributed by atoms with van der Waals surface area (Å²) in [4.78, 5) is 14.9. The molecular weight excluding hydrogens is 238 g/mol. The standard InChI is InChI=1S/C16H21NO2/c1-12(2)13-6-7-14(15(10-13)19-3)16(17-11-18)8-4-5-9-16/h6-7,10,12H,4-5,8-9H2,1-3H3. The highest BCUT2D eigenvalue weighted by Crippen LogP contribution is 2.46. The van der Waals surface area contributed by atoms with Crippen molar-refractivity contribution in [1.82, 2.24) is 0 Å². The van der Waals surface area contributed by atoms with E-state index in [0.717, 1.165) is 37.0 Å². The molecule has 0 bridgehead atoms. The van der Waals surface area contributed by atoms with Crippen LogP contribution >= 0.6 is 0 Å². The minimum atomic E-state index is -0.414. The van der Waals surface area contributed by atoms with E-state index in [1.807, 2.05) is 0 Å². The summed E-state index contributed by atoms with van der Waals surface area (Å²) in [5, 5.41) is 0. The van der Waals surface area contributed by atoms with E-state index in [1.54, 1.807) is 13.2 Å². The van der Waals surface area contributed by atoms with Crippen molar-refractivity contribution in [3.05, 3.63) is 29.3 Å². The topological polar surface area (TPSA) is 38.7 Å². The monoisotopic (exact) mass is 259 g/mol. The Labute approximate surface area is 114 Å². The molecule has 102 valence electrons. The first-order chi connectivity index (χ1) is 9.13. The van der Waals surface area contributed by atoms with Gasteiger partial charge in [0.05, 0.1) is 7.11 Å². The van der Waals surface area contributed by atoms with E-state index < -0.39 is 5.54 Å². The number of hydrogen-bond donors (Lipinski definition) is 0. The Morgan fingerprint density at radius 1 is 1.32 bits per heavy atom. The molecule has 0 saturated heterocycles. The molecule has 1 aliphatic carbocycles. The molecule has 1 aromatic rings. The Balaban J connectivity index is 2.51. The molecule has 1 aromatic carbocycles. The zero-order valence-corrected chi connectivity index (χ0v) is 11.9. The predicted octanol–water partition coefficient (Wildman–Crippen LogP) is 3.92. The molecule has 0 amide bonds. The summed E-state index contributed by atoms with van der Waals surface area (Å²) in [7, 11) is 1.68. The summed E-state index contributed by atoms with van der Waals surface area (Å²) in [6.45, 7) is 4.31. The highest BCUT2D eigenvalue weighted by atomic mass is 16.5. The Morgan fingerprint density at radius 3 is 2.53 bits per heavy atom. The maximum atomic E-state index is 10.8. The third-order valence-electron chi connectivity index (χ3n) is 4.08. The second-order valence-corrected chi connectivity index (χ2v) is 5.56. The van der Waals surface area contributed by atoms with Gasteiger partial charge in [-0.3, -0.25) is 0 Å². The van der Waals surface area contributed by atoms with Crippen molar-refractivity contribution in [2.75, 3.05) is 7.11 Å². The van der Waals surface area contributed by atoms with E-state index in [-0.39, 0.29) is 0 Å². The first kappa shape index (κ1) is 13.8. The average molecular weight is 259 g/mol. The minimum absolute atomic E-state index is 0.414. The number of carbonyl (C=O) groups excluding carboxylic acids is 1. The lowest BCUT2D eigenvalue weighted by Gasteiger charge is -2.25. The van der Waals surface area contributed by atoms with E-state index in [0.29, 0.717) is 5.92 Å². The number of nitrogens with zero attached hydrogens (tertiary/aromatic N) is 1. The second-order valence-electron chi connectivity index (χ2n) is 5.56. The van der Waals surface area contributed by atoms with Gasteiger partial charge in [0.25, 0.3) is 0 Å². The van der Waals surface area contributed by atoms with Crippen LogP contribution < -0.4 is 4.74 Å². The summed E-state index contributed by atoms with van der Waals surface area (Å²) >= 11 is 0. The molecule has 0 radical (unpaired) electrons. The molecule has 0 aliphatic heterocycles. The van der Waals surface area contributed by atoms with Crippen molar-refractivity contribution < 1.29 is 9.53 Å². The fourth-order valence-electron chi connectivity index (χ4n) is 2.94. The first-order valence-corrected chi connectivity index (χ1v) is 6.90. The Bertz CT molecular complexity index is 495. The molecular formula is C16H21NO2. The lowest BCUT2D eigenvalue weighted by Crippen LogP contribution is -2.20. The van der Waals surface area contributed by atoms with E-state index in [9.17, 15) is 4.79 Å². The van der Waals surface area contributed by atoms with Crippen LogP contribution in [0.25, 0.3) is 0 Å². The summed E-state index contributed by atoms with van der Waals surface area (Å²) in [5.41, 5.74) is 1.85. The van der Waals surface area contributed by atoms with Gasteiger partial charge in [-0.1, -0.05) is 38.8 Å². The van der Waals surface area contributed by atoms with Gasteiger partial charge in [-0.25, -0.2) is 4.79 Å². The lowest BCUT2D eigenvalue weighted by atomic mass is 9.86. The molecule has 1 saturated carbocycles. The zero-order chi connectivity index (χ0) is 13.9. The lowest BCUT2D eigenvalue weighted by molar-refractivity contribution is 0.378. The van der Waals surface area contributed by atoms with Crippen LogP contribution in [0.2, 0.25) is 0 Å². The number of isocyanates is 1. The average Bonchev–Trinajstić information content (AvgIpc) is 2.88. The quantitative estimate of drug-likeness (QED) is 0.607. The molecule has 0 heterocycles. The third kappa shape index (κ3) is 2.57. The molecule has 19 heavy (non-hydrogen) atoms. The maximum Gasteiger partial charge on any atom is 0.235 e. The summed E-state index contributed by atoms with van der Waals surface area (Å²) < 4.78 is 5.53. The van der Waals surface area contributed by atoms with Crippen molar-refractivity contribution in [2.24, 2.45) is 4.99 Å². The molecule has 0 N–H and O–H groups in total. The fourth-order valence-corrected chi connectivity index (χ4v) is 2.94. The van der Waals surface area contributed by atoms with Crippen molar-refractivity contribution >= 4 is 6.08 Å². The fraction of sp³-hybridized carbons (Fsp3) is 0.562. The maximum absolute atomic E-state index is 10.8. The van der Waals surface area contributed by atoms with Crippen LogP contribution in [0.3, 0.4) is 0 Å². The van der Waals surface area contributed by atoms with Crippen LogP contribution in [0, 0.1) is 0 Å². The van der Waals surface area contributed by atoms with E-state index >= 15 is 0 Å². The summed E-state index contributed by atoms with van der Waals surface area (Å²) in [5.74, 6) is 1.30. The van der Waals surface area contributed by atoms with Crippen LogP contribution in [0.15, 0.2) is 23.2 Å². The van der Waals surface area contributed by atoms with Gasteiger partial charge >= 0.3 is 0 Å². The number of rotatable bonds is 4. The molecule has 1 aliphatic rings. The van der Waals surface area contributed by atoms with Crippen molar-refractivity contribution in [3.63, 3.8) is 0 Å². The van der Waals surface area contributed by atoms with Gasteiger partial charge in [-0.2, -0.15) is 4.99 Å². The number of aliphatic imine (C=N–C) groups is 1. The SMILES string of the molecule is COc1cc(C(C)C)ccc1C1(N=C=O)CCCC1. The zero-order valence-electron chi connectivity index (χ0n) is 11.9. The van der Waals surface area contributed by atoms with E-state index in [4.69, 9.17) is 4.74 Å². The van der Waals surface area contributed by atoms with Gasteiger partial charge in [0.15, 0.2) is 0 Å². The summed E-state index contributed by atoms with van der Waals surface area (Å²) in [6, 6.07) is 6.25. The van der Waals surface area contributed by atoms with Gasteiger partial charge < -0.3 is 4.74 Å². The van der Waals surface area contributed by atoms with Crippen LogP contribution in [0.5, 0.6) is 5.75 Å². The highest BCUT2D eigenvalue weighted by Gasteiger charge is 2.38. The van der Waals surface area contributed by atoms with E-state index in [2.05, 4.69) is 37.0 Å². The molecule has 2 rings (SSSR count). The van der Waals surface area contributed by atoms with Gasteiger partial charge in [0.1, 0.15) is 11.3 Å². The van der Waals surface area contributed by atoms with Crippen LogP contribution in [-0.2, 0) is 10.3 Å². The molecule has 0 unspecified atom stereocenters. The van der Waals surface area contributed by atoms with Crippen molar-refractivity contribution in [2.45, 2.75) is 51.0 Å². The largest absolute Gasteiger partial charge is 0.496 e. The number of ether oxygens (including phenoxy) is 1. The van der Waals surface area contributed by atoms with Crippen LogP contribution in [-0.4, -0.2) is 13.2 Å². The number of benzene rings is 1. The molecule has 3 heteroatoms. The van der Waals surface area contributed by atoms with Gasteiger partial charge in [0, 0.05) is 5.56 Å². The van der Waals surface area contributed by atoms with Crippen LogP contribution in [0.1, 0.15) is 56.6 Å². The molecule has 0 atom stereocenters. The minimum Gasteiger partial charge on any atom is -0.496 e. The highest BCUT2D eigenvalue weighted by molar-refractivity contribution is 5.46. The summed E-state index contributed by atoms with van der Waals surface area (Å²) in [6.07, 6.45) is 5.76. The van der Waals surface area contributed by atoms with Crippen molar-refractivity contribution in [3.8, 4) is 5.75 Å². The van der Waals surface area contributed by atoms with Gasteiger partial charge in [-0.05, 0) is 30.4 Å². The number of methoxy groups -OCH3 is 1. The number of hydrogen-bond acceptors (Lipinski definition) is 3. The van der Waals surface area contributed by atoms with Gasteiger partial charge in [-0.15, -0.1) is 0 Å².